The number of halogens is 1. The molecule has 0 bridgehead atoms. The van der Waals surface area contributed by atoms with Crippen molar-refractivity contribution in [2.75, 3.05) is 36.7 Å². The van der Waals surface area contributed by atoms with Gasteiger partial charge in [0.25, 0.3) is 0 Å². The second-order valence-corrected chi connectivity index (χ2v) is 9.03. The van der Waals surface area contributed by atoms with Gasteiger partial charge < -0.3 is 15.0 Å². The number of hydrogen-bond donors (Lipinski definition) is 1. The molecule has 1 aromatic carbocycles. The van der Waals surface area contributed by atoms with E-state index in [1.807, 2.05) is 0 Å². The van der Waals surface area contributed by atoms with Gasteiger partial charge in [0.1, 0.15) is 23.8 Å². The number of aromatic nitrogens is 2. The van der Waals surface area contributed by atoms with Crippen LogP contribution in [0, 0.1) is 11.7 Å². The molecule has 29 heavy (non-hydrogen) atoms. The topological polar surface area (TPSA) is 101 Å². The minimum Gasteiger partial charge on any atom is -0.469 e. The molecule has 0 amide bonds. The maximum Gasteiger partial charge on any atom is 0.305 e. The Morgan fingerprint density at radius 3 is 2.62 bits per heavy atom. The summed E-state index contributed by atoms with van der Waals surface area (Å²) in [5, 5.41) is 2.86. The quantitative estimate of drug-likeness (QED) is 0.709. The first-order valence-electron chi connectivity index (χ1n) is 9.16. The van der Waals surface area contributed by atoms with Gasteiger partial charge in [0.2, 0.25) is 0 Å². The second-order valence-electron chi connectivity index (χ2n) is 7.01. The van der Waals surface area contributed by atoms with E-state index in [1.165, 1.54) is 25.6 Å². The Labute approximate surface area is 169 Å². The number of anilines is 3. The third-order valence-electron chi connectivity index (χ3n) is 4.91. The Morgan fingerprint density at radius 2 is 2.00 bits per heavy atom. The van der Waals surface area contributed by atoms with Gasteiger partial charge in [0.05, 0.1) is 17.7 Å². The van der Waals surface area contributed by atoms with E-state index in [2.05, 4.69) is 20.2 Å². The van der Waals surface area contributed by atoms with Gasteiger partial charge in [0.15, 0.2) is 9.84 Å². The molecule has 1 aliphatic rings. The number of hydrogen-bond acceptors (Lipinski definition) is 8. The van der Waals surface area contributed by atoms with Crippen molar-refractivity contribution in [3.8, 4) is 0 Å². The van der Waals surface area contributed by atoms with Crippen molar-refractivity contribution in [2.45, 2.75) is 24.2 Å². The minimum absolute atomic E-state index is 0.0845. The van der Waals surface area contributed by atoms with Crippen molar-refractivity contribution < 1.29 is 22.3 Å². The van der Waals surface area contributed by atoms with Gasteiger partial charge in [-0.25, -0.2) is 22.8 Å². The highest BCUT2D eigenvalue weighted by atomic mass is 32.2. The van der Waals surface area contributed by atoms with Crippen LogP contribution in [0.2, 0.25) is 0 Å². The third-order valence-corrected chi connectivity index (χ3v) is 6.02. The molecule has 0 saturated carbocycles. The summed E-state index contributed by atoms with van der Waals surface area (Å²) in [5.74, 6) is 0.517. The molecule has 1 saturated heterocycles. The van der Waals surface area contributed by atoms with Gasteiger partial charge in [-0.05, 0) is 37.0 Å². The van der Waals surface area contributed by atoms with Gasteiger partial charge in [0, 0.05) is 31.8 Å². The van der Waals surface area contributed by atoms with Crippen LogP contribution in [0.5, 0.6) is 0 Å². The fraction of sp³-hybridized carbons (Fsp3) is 0.421. The summed E-state index contributed by atoms with van der Waals surface area (Å²) >= 11 is 0. The van der Waals surface area contributed by atoms with Crippen LogP contribution < -0.4 is 10.2 Å². The molecule has 0 atom stereocenters. The van der Waals surface area contributed by atoms with E-state index < -0.39 is 15.7 Å². The number of nitrogens with zero attached hydrogens (tertiary/aromatic N) is 3. The molecule has 0 radical (unpaired) electrons. The fourth-order valence-electron chi connectivity index (χ4n) is 3.24. The zero-order valence-corrected chi connectivity index (χ0v) is 17.1. The highest BCUT2D eigenvalue weighted by Gasteiger charge is 2.23. The molecular formula is C19H23FN4O4S. The van der Waals surface area contributed by atoms with Gasteiger partial charge in [-0.15, -0.1) is 0 Å². The van der Waals surface area contributed by atoms with Gasteiger partial charge >= 0.3 is 5.97 Å². The van der Waals surface area contributed by atoms with Crippen LogP contribution in [0.4, 0.5) is 21.7 Å². The molecular weight excluding hydrogens is 399 g/mol. The molecule has 0 spiro atoms. The average Bonchev–Trinajstić information content (AvgIpc) is 2.69. The zero-order valence-electron chi connectivity index (χ0n) is 16.3. The minimum atomic E-state index is -3.48. The molecule has 10 heteroatoms. The van der Waals surface area contributed by atoms with Crippen molar-refractivity contribution in [1.29, 1.82) is 0 Å². The van der Waals surface area contributed by atoms with Crippen LogP contribution in [-0.4, -0.2) is 50.8 Å². The van der Waals surface area contributed by atoms with E-state index in [4.69, 9.17) is 4.74 Å². The lowest BCUT2D eigenvalue weighted by Gasteiger charge is -2.32. The lowest BCUT2D eigenvalue weighted by Crippen LogP contribution is -2.35. The van der Waals surface area contributed by atoms with E-state index in [-0.39, 0.29) is 16.6 Å². The van der Waals surface area contributed by atoms with E-state index in [0.717, 1.165) is 38.3 Å². The van der Waals surface area contributed by atoms with E-state index in [1.54, 1.807) is 6.07 Å². The van der Waals surface area contributed by atoms with Gasteiger partial charge in [-0.3, -0.25) is 4.79 Å². The number of esters is 1. The highest BCUT2D eigenvalue weighted by Crippen LogP contribution is 2.27. The van der Waals surface area contributed by atoms with E-state index in [9.17, 15) is 17.6 Å². The number of benzene rings is 1. The summed E-state index contributed by atoms with van der Waals surface area (Å²) in [7, 11) is -2.09. The van der Waals surface area contributed by atoms with Crippen molar-refractivity contribution in [3.63, 3.8) is 0 Å². The lowest BCUT2D eigenvalue weighted by atomic mass is 9.93. The standard InChI is InChI=1S/C19H23FN4O4S/c1-28-19(25)9-13-5-7-24(8-6-13)18-11-17(21-12-22-18)23-16-4-3-14(10-15(16)20)29(2,26)27/h3-4,10-13H,5-9H2,1-2H3,(H,21,22,23). The molecule has 0 unspecified atom stereocenters. The molecule has 8 nitrogen and oxygen atoms in total. The monoisotopic (exact) mass is 422 g/mol. The summed E-state index contributed by atoms with van der Waals surface area (Å²) in [6, 6.07) is 5.40. The summed E-state index contributed by atoms with van der Waals surface area (Å²) in [6.45, 7) is 1.49. The molecule has 1 aliphatic heterocycles. The summed E-state index contributed by atoms with van der Waals surface area (Å²) < 4.78 is 42.1. The maximum atomic E-state index is 14.3. The average molecular weight is 422 g/mol. The Balaban J connectivity index is 1.67. The Morgan fingerprint density at radius 1 is 1.28 bits per heavy atom. The Hall–Kier alpha value is -2.75. The molecule has 156 valence electrons. The van der Waals surface area contributed by atoms with Crippen LogP contribution in [0.3, 0.4) is 0 Å². The number of piperidine rings is 1. The SMILES string of the molecule is COC(=O)CC1CCN(c2cc(Nc3ccc(S(C)(=O)=O)cc3F)ncn2)CC1. The number of rotatable bonds is 6. The normalized spacial score (nSPS) is 15.2. The smallest absolute Gasteiger partial charge is 0.305 e. The maximum absolute atomic E-state index is 14.3. The first-order valence-corrected chi connectivity index (χ1v) is 11.1. The molecule has 2 heterocycles. The van der Waals surface area contributed by atoms with Gasteiger partial charge in [-0.1, -0.05) is 0 Å². The molecule has 1 N–H and O–H groups in total. The van der Waals surface area contributed by atoms with Crippen molar-refractivity contribution in [2.24, 2.45) is 5.92 Å². The highest BCUT2D eigenvalue weighted by molar-refractivity contribution is 7.90. The third kappa shape index (κ3) is 5.41. The zero-order chi connectivity index (χ0) is 21.0. The summed E-state index contributed by atoms with van der Waals surface area (Å²) in [4.78, 5) is 21.8. The number of methoxy groups -OCH3 is 1. The number of carbonyl (C=O) groups excluding carboxylic acids is 1. The second kappa shape index (κ2) is 8.73. The molecule has 0 aliphatic carbocycles. The predicted octanol–water partition coefficient (Wildman–Crippen LogP) is 2.54. The molecule has 1 fully saturated rings. The number of sulfone groups is 1. The fourth-order valence-corrected chi connectivity index (χ4v) is 3.87. The number of ether oxygens (including phenoxy) is 1. The largest absolute Gasteiger partial charge is 0.469 e. The first-order chi connectivity index (χ1) is 13.8. The van der Waals surface area contributed by atoms with E-state index in [0.29, 0.717) is 24.0 Å². The predicted molar refractivity (Wildman–Crippen MR) is 106 cm³/mol. The van der Waals surface area contributed by atoms with Crippen LogP contribution in [0.25, 0.3) is 0 Å². The van der Waals surface area contributed by atoms with Crippen molar-refractivity contribution in [3.05, 3.63) is 36.4 Å². The summed E-state index contributed by atoms with van der Waals surface area (Å²) in [6.07, 6.45) is 4.54. The Kier molecular flexibility index (Phi) is 6.31. The van der Waals surface area contributed by atoms with Crippen LogP contribution in [-0.2, 0) is 19.4 Å². The van der Waals surface area contributed by atoms with Crippen LogP contribution in [0.1, 0.15) is 19.3 Å². The molecule has 2 aromatic rings. The van der Waals surface area contributed by atoms with E-state index >= 15 is 0 Å². The van der Waals surface area contributed by atoms with Crippen molar-refractivity contribution >= 4 is 33.1 Å². The summed E-state index contributed by atoms with van der Waals surface area (Å²) in [5.41, 5.74) is 0.124. The molecule has 3 rings (SSSR count). The van der Waals surface area contributed by atoms with Gasteiger partial charge in [-0.2, -0.15) is 0 Å². The number of carbonyl (C=O) groups is 1. The van der Waals surface area contributed by atoms with Crippen LogP contribution in [0.15, 0.2) is 35.5 Å². The first kappa shape index (κ1) is 21.0. The number of nitrogens with one attached hydrogen (secondary N) is 1. The molecule has 1 aromatic heterocycles. The van der Waals surface area contributed by atoms with Crippen LogP contribution >= 0.6 is 0 Å². The Bertz CT molecular complexity index is 991. The van der Waals surface area contributed by atoms with Crippen molar-refractivity contribution in [1.82, 2.24) is 9.97 Å². The lowest BCUT2D eigenvalue weighted by molar-refractivity contribution is -0.141.